The molecule has 0 radical (unpaired) electrons. The van der Waals surface area contributed by atoms with Gasteiger partial charge >= 0.3 is 0 Å². The molecule has 54 valence electrons. The summed E-state index contributed by atoms with van der Waals surface area (Å²) in [7, 11) is 0. The van der Waals surface area contributed by atoms with E-state index in [2.05, 4.69) is 19.2 Å². The molecular weight excluding hydrogens is 114 g/mol. The zero-order chi connectivity index (χ0) is 6.85. The van der Waals surface area contributed by atoms with Gasteiger partial charge < -0.3 is 10.4 Å². The van der Waals surface area contributed by atoms with Crippen molar-refractivity contribution in [1.29, 1.82) is 0 Å². The van der Waals surface area contributed by atoms with Gasteiger partial charge in [0.2, 0.25) is 0 Å². The molecule has 2 heteroatoms. The molecule has 0 aliphatic carbocycles. The van der Waals surface area contributed by atoms with E-state index < -0.39 is 0 Å². The molecule has 3 atom stereocenters. The zero-order valence-corrected chi connectivity index (χ0v) is 6.17. The van der Waals surface area contributed by atoms with Gasteiger partial charge in [-0.1, -0.05) is 6.92 Å². The van der Waals surface area contributed by atoms with Crippen molar-refractivity contribution < 1.29 is 10.4 Å². The van der Waals surface area contributed by atoms with E-state index in [9.17, 15) is 5.11 Å². The van der Waals surface area contributed by atoms with Crippen LogP contribution < -0.4 is 5.32 Å². The third kappa shape index (κ3) is 1.43. The maximum absolute atomic E-state index is 9.33. The van der Waals surface area contributed by atoms with Crippen molar-refractivity contribution in [2.75, 3.05) is 6.54 Å². The van der Waals surface area contributed by atoms with Crippen LogP contribution in [0.25, 0.3) is 0 Å². The van der Waals surface area contributed by atoms with E-state index in [1.807, 2.05) is 0 Å². The standard InChI is InChI=1S/C7H15NO/c1-5-6(2)8-4-3-7(5)9/h5-9H,3-4H2,1-2H3/p+1/t5-,6+,7-/m1/s1. The molecule has 3 N–H and O–H groups in total. The van der Waals surface area contributed by atoms with Crippen molar-refractivity contribution in [1.82, 2.24) is 0 Å². The molecule has 1 heterocycles. The van der Waals surface area contributed by atoms with Crippen LogP contribution in [-0.4, -0.2) is 23.8 Å². The summed E-state index contributed by atoms with van der Waals surface area (Å²) in [5.74, 6) is 0.471. The van der Waals surface area contributed by atoms with Crippen molar-refractivity contribution in [2.24, 2.45) is 5.92 Å². The number of aliphatic hydroxyl groups is 1. The summed E-state index contributed by atoms with van der Waals surface area (Å²) < 4.78 is 0. The summed E-state index contributed by atoms with van der Waals surface area (Å²) in [5, 5.41) is 11.6. The minimum absolute atomic E-state index is 0.0509. The predicted octanol–water partition coefficient (Wildman–Crippen LogP) is -0.661. The maximum atomic E-state index is 9.33. The van der Waals surface area contributed by atoms with Crippen molar-refractivity contribution >= 4 is 0 Å². The molecule has 1 rings (SSSR count). The molecule has 0 amide bonds. The van der Waals surface area contributed by atoms with Crippen LogP contribution in [0.1, 0.15) is 20.3 Å². The first-order valence-electron chi connectivity index (χ1n) is 3.73. The molecule has 0 unspecified atom stereocenters. The number of piperidine rings is 1. The summed E-state index contributed by atoms with van der Waals surface area (Å²) in [4.78, 5) is 0. The van der Waals surface area contributed by atoms with Crippen LogP contribution in [0.15, 0.2) is 0 Å². The Labute approximate surface area is 56.3 Å². The highest BCUT2D eigenvalue weighted by Gasteiger charge is 2.27. The van der Waals surface area contributed by atoms with Gasteiger partial charge in [0.15, 0.2) is 0 Å². The lowest BCUT2D eigenvalue weighted by molar-refractivity contribution is -0.704. The summed E-state index contributed by atoms with van der Waals surface area (Å²) in [6, 6.07) is 0.605. The van der Waals surface area contributed by atoms with Crippen LogP contribution in [0.3, 0.4) is 0 Å². The van der Waals surface area contributed by atoms with Crippen LogP contribution in [0.4, 0.5) is 0 Å². The summed E-state index contributed by atoms with van der Waals surface area (Å²) in [5.41, 5.74) is 0. The van der Waals surface area contributed by atoms with Crippen molar-refractivity contribution in [2.45, 2.75) is 32.4 Å². The second-order valence-electron chi connectivity index (χ2n) is 3.10. The van der Waals surface area contributed by atoms with E-state index in [0.29, 0.717) is 12.0 Å². The van der Waals surface area contributed by atoms with Gasteiger partial charge in [-0.3, -0.25) is 0 Å². The van der Waals surface area contributed by atoms with Crippen molar-refractivity contribution in [3.05, 3.63) is 0 Å². The quantitative estimate of drug-likeness (QED) is 0.449. The molecule has 2 nitrogen and oxygen atoms in total. The molecule has 1 fully saturated rings. The second-order valence-corrected chi connectivity index (χ2v) is 3.10. The summed E-state index contributed by atoms with van der Waals surface area (Å²) >= 11 is 0. The minimum atomic E-state index is -0.0509. The van der Waals surface area contributed by atoms with E-state index >= 15 is 0 Å². The number of nitrogens with two attached hydrogens (primary N) is 1. The molecule has 0 aromatic heterocycles. The Morgan fingerprint density at radius 1 is 1.44 bits per heavy atom. The Bertz CT molecular complexity index is 84.9. The molecule has 9 heavy (non-hydrogen) atoms. The third-order valence-corrected chi connectivity index (χ3v) is 2.44. The van der Waals surface area contributed by atoms with Crippen LogP contribution in [0, 0.1) is 5.92 Å². The second kappa shape index (κ2) is 2.67. The number of quaternary nitrogens is 1. The topological polar surface area (TPSA) is 36.8 Å². The van der Waals surface area contributed by atoms with Crippen LogP contribution in [-0.2, 0) is 0 Å². The van der Waals surface area contributed by atoms with Crippen LogP contribution in [0.2, 0.25) is 0 Å². The molecule has 1 saturated heterocycles. The number of aliphatic hydroxyl groups excluding tert-OH is 1. The molecule has 0 aromatic carbocycles. The van der Waals surface area contributed by atoms with Gasteiger partial charge in [-0.2, -0.15) is 0 Å². The highest BCUT2D eigenvalue weighted by atomic mass is 16.3. The average molecular weight is 130 g/mol. The molecule has 0 spiro atoms. The first kappa shape index (κ1) is 7.03. The van der Waals surface area contributed by atoms with Crippen molar-refractivity contribution in [3.63, 3.8) is 0 Å². The summed E-state index contributed by atoms with van der Waals surface area (Å²) in [6.45, 7) is 5.38. The van der Waals surface area contributed by atoms with E-state index in [0.717, 1.165) is 13.0 Å². The minimum Gasteiger partial charge on any atom is -0.392 e. The molecule has 1 aliphatic rings. The molecular formula is C7H16NO+. The average Bonchev–Trinajstić information content (AvgIpc) is 1.83. The Balaban J connectivity index is 2.41. The van der Waals surface area contributed by atoms with E-state index in [4.69, 9.17) is 0 Å². The van der Waals surface area contributed by atoms with Gasteiger partial charge in [-0.05, 0) is 6.92 Å². The number of hydrogen-bond acceptors (Lipinski definition) is 1. The molecule has 0 bridgehead atoms. The normalized spacial score (nSPS) is 45.0. The lowest BCUT2D eigenvalue weighted by Crippen LogP contribution is -2.93. The smallest absolute Gasteiger partial charge is 0.0881 e. The SMILES string of the molecule is C[C@H]1[C@H](O)CC[NH2+][C@H]1C. The molecule has 0 aromatic rings. The van der Waals surface area contributed by atoms with Gasteiger partial charge in [0.1, 0.15) is 0 Å². The van der Waals surface area contributed by atoms with Gasteiger partial charge in [-0.25, -0.2) is 0 Å². The first-order valence-corrected chi connectivity index (χ1v) is 3.73. The number of rotatable bonds is 0. The predicted molar refractivity (Wildman–Crippen MR) is 36.0 cm³/mol. The van der Waals surface area contributed by atoms with E-state index in [-0.39, 0.29) is 6.10 Å². The highest BCUT2D eigenvalue weighted by Crippen LogP contribution is 2.10. The highest BCUT2D eigenvalue weighted by molar-refractivity contribution is 4.71. The lowest BCUT2D eigenvalue weighted by Gasteiger charge is -2.28. The van der Waals surface area contributed by atoms with Crippen molar-refractivity contribution in [3.8, 4) is 0 Å². The fourth-order valence-corrected chi connectivity index (χ4v) is 1.36. The Kier molecular flexibility index (Phi) is 2.09. The zero-order valence-electron chi connectivity index (χ0n) is 6.17. The van der Waals surface area contributed by atoms with Crippen LogP contribution >= 0.6 is 0 Å². The van der Waals surface area contributed by atoms with Gasteiger partial charge in [0.25, 0.3) is 0 Å². The molecule has 0 saturated carbocycles. The fraction of sp³-hybridized carbons (Fsp3) is 1.00. The first-order chi connectivity index (χ1) is 4.22. The van der Waals surface area contributed by atoms with E-state index in [1.54, 1.807) is 0 Å². The van der Waals surface area contributed by atoms with Gasteiger partial charge in [0, 0.05) is 12.3 Å². The monoisotopic (exact) mass is 130 g/mol. The van der Waals surface area contributed by atoms with E-state index in [1.165, 1.54) is 0 Å². The number of hydrogen-bond donors (Lipinski definition) is 2. The Morgan fingerprint density at radius 2 is 2.11 bits per heavy atom. The molecule has 1 aliphatic heterocycles. The fourth-order valence-electron chi connectivity index (χ4n) is 1.36. The largest absolute Gasteiger partial charge is 0.392 e. The Morgan fingerprint density at radius 3 is 2.56 bits per heavy atom. The third-order valence-electron chi connectivity index (χ3n) is 2.44. The summed E-state index contributed by atoms with van der Waals surface area (Å²) in [6.07, 6.45) is 0.913. The van der Waals surface area contributed by atoms with Crippen LogP contribution in [0.5, 0.6) is 0 Å². The Hall–Kier alpha value is -0.0800. The maximum Gasteiger partial charge on any atom is 0.0881 e. The van der Waals surface area contributed by atoms with Gasteiger partial charge in [-0.15, -0.1) is 0 Å². The lowest BCUT2D eigenvalue weighted by atomic mass is 9.91. The van der Waals surface area contributed by atoms with Gasteiger partial charge in [0.05, 0.1) is 18.7 Å².